The summed E-state index contributed by atoms with van der Waals surface area (Å²) < 4.78 is 0. The maximum Gasteiger partial charge on any atom is -0.0321 e. The van der Waals surface area contributed by atoms with Crippen LogP contribution in [0.2, 0.25) is 0 Å². The Balaban J connectivity index is 1.77. The molecule has 4 rings (SSSR count). The molecule has 1 radical (unpaired) electrons. The Morgan fingerprint density at radius 2 is 1.67 bits per heavy atom. The van der Waals surface area contributed by atoms with E-state index in [9.17, 15) is 0 Å². The Morgan fingerprint density at radius 3 is 2.50 bits per heavy atom. The van der Waals surface area contributed by atoms with Gasteiger partial charge in [0.1, 0.15) is 0 Å². The molecule has 4 fully saturated rings. The van der Waals surface area contributed by atoms with Crippen LogP contribution in [0.25, 0.3) is 0 Å². The quantitative estimate of drug-likeness (QED) is 0.479. The van der Waals surface area contributed by atoms with Crippen LogP contribution in [-0.2, 0) is 0 Å². The van der Waals surface area contributed by atoms with E-state index in [1.165, 1.54) is 30.1 Å². The lowest BCUT2D eigenvalue weighted by Gasteiger charge is -2.34. The van der Waals surface area contributed by atoms with E-state index in [1.54, 1.807) is 25.7 Å². The van der Waals surface area contributed by atoms with Gasteiger partial charge >= 0.3 is 0 Å². The molecule has 0 aromatic carbocycles. The van der Waals surface area contributed by atoms with E-state index >= 15 is 0 Å². The number of fused-ring (bicyclic) bond motifs is 9. The molecule has 6 atom stereocenters. The largest absolute Gasteiger partial charge is 0.0499 e. The monoisotopic (exact) mass is 161 g/mol. The lowest BCUT2D eigenvalue weighted by molar-refractivity contribution is 0.171. The van der Waals surface area contributed by atoms with Crippen LogP contribution in [0, 0.1) is 41.9 Å². The first-order chi connectivity index (χ1) is 5.93. The summed E-state index contributed by atoms with van der Waals surface area (Å²) in [5.41, 5.74) is 0. The molecule has 4 saturated carbocycles. The third kappa shape index (κ3) is 0.561. The van der Waals surface area contributed by atoms with Crippen molar-refractivity contribution in [3.8, 4) is 0 Å². The van der Waals surface area contributed by atoms with Crippen molar-refractivity contribution in [2.24, 2.45) is 35.5 Å². The molecule has 0 saturated heterocycles. The lowest BCUT2D eigenvalue weighted by Crippen LogP contribution is -2.28. The second-order valence-electron chi connectivity index (χ2n) is 5.62. The van der Waals surface area contributed by atoms with Crippen molar-refractivity contribution < 1.29 is 0 Å². The van der Waals surface area contributed by atoms with Crippen LogP contribution >= 0.6 is 0 Å². The predicted octanol–water partition coefficient (Wildman–Crippen LogP) is 2.89. The van der Waals surface area contributed by atoms with Crippen molar-refractivity contribution in [1.82, 2.24) is 0 Å². The summed E-state index contributed by atoms with van der Waals surface area (Å²) in [7, 11) is 0. The van der Waals surface area contributed by atoms with E-state index in [1.807, 2.05) is 0 Å². The third-order valence-electron chi connectivity index (χ3n) is 5.40. The highest BCUT2D eigenvalue weighted by Gasteiger charge is 2.59. The minimum Gasteiger partial charge on any atom is -0.0499 e. The SMILES string of the molecule is [CH]1CC2CC1C1C3CCC(C3)C21. The zero-order valence-corrected chi connectivity index (χ0v) is 7.58. The Labute approximate surface area is 74.7 Å². The summed E-state index contributed by atoms with van der Waals surface area (Å²) in [5.74, 6) is 6.97. The van der Waals surface area contributed by atoms with E-state index in [0.29, 0.717) is 0 Å². The smallest absolute Gasteiger partial charge is 0.0321 e. The zero-order valence-electron chi connectivity index (χ0n) is 7.58. The Morgan fingerprint density at radius 1 is 0.833 bits per heavy atom. The summed E-state index contributed by atoms with van der Waals surface area (Å²) >= 11 is 0. The molecule has 65 valence electrons. The lowest BCUT2D eigenvalue weighted by atomic mass is 9.71. The molecule has 0 heteroatoms. The normalized spacial score (nSPS) is 66.0. The fourth-order valence-corrected chi connectivity index (χ4v) is 5.23. The third-order valence-corrected chi connectivity index (χ3v) is 5.40. The van der Waals surface area contributed by atoms with E-state index < -0.39 is 0 Å². The summed E-state index contributed by atoms with van der Waals surface area (Å²) in [6, 6.07) is 0. The summed E-state index contributed by atoms with van der Waals surface area (Å²) in [6.07, 6.45) is 10.5. The van der Waals surface area contributed by atoms with Crippen LogP contribution in [0.5, 0.6) is 0 Å². The Hall–Kier alpha value is 0. The van der Waals surface area contributed by atoms with Crippen LogP contribution in [0.15, 0.2) is 0 Å². The van der Waals surface area contributed by atoms with Gasteiger partial charge in [0.25, 0.3) is 0 Å². The van der Waals surface area contributed by atoms with Crippen LogP contribution in [0.1, 0.15) is 32.1 Å². The average Bonchev–Trinajstić information content (AvgIpc) is 2.83. The molecule has 12 heavy (non-hydrogen) atoms. The molecule has 0 aliphatic heterocycles. The second kappa shape index (κ2) is 1.91. The maximum atomic E-state index is 2.66. The van der Waals surface area contributed by atoms with Crippen molar-refractivity contribution >= 4 is 0 Å². The maximum absolute atomic E-state index is 2.66. The molecule has 6 unspecified atom stereocenters. The molecule has 4 aliphatic rings. The van der Waals surface area contributed by atoms with Crippen LogP contribution < -0.4 is 0 Å². The molecular formula is C12H17. The number of hydrogen-bond donors (Lipinski definition) is 0. The highest BCUT2D eigenvalue weighted by atomic mass is 14.6. The minimum atomic E-state index is 1.08. The highest BCUT2D eigenvalue weighted by Crippen LogP contribution is 2.66. The average molecular weight is 161 g/mol. The molecule has 0 heterocycles. The minimum absolute atomic E-state index is 1.08. The predicted molar refractivity (Wildman–Crippen MR) is 48.3 cm³/mol. The van der Waals surface area contributed by atoms with Gasteiger partial charge in [0.05, 0.1) is 0 Å². The molecule has 4 bridgehead atoms. The second-order valence-corrected chi connectivity index (χ2v) is 5.62. The molecule has 0 nitrogen and oxygen atoms in total. The topological polar surface area (TPSA) is 0 Å². The Kier molecular flexibility index (Phi) is 1.03. The fourth-order valence-electron chi connectivity index (χ4n) is 5.23. The Bertz CT molecular complexity index is 176. The van der Waals surface area contributed by atoms with Crippen molar-refractivity contribution in [2.75, 3.05) is 0 Å². The van der Waals surface area contributed by atoms with Gasteiger partial charge in [0.2, 0.25) is 0 Å². The summed E-state index contributed by atoms with van der Waals surface area (Å²) in [6.45, 7) is 0. The first-order valence-electron chi connectivity index (χ1n) is 5.77. The van der Waals surface area contributed by atoms with E-state index in [0.717, 1.165) is 11.8 Å². The zero-order chi connectivity index (χ0) is 7.71. The number of rotatable bonds is 0. The van der Waals surface area contributed by atoms with Crippen LogP contribution in [0.3, 0.4) is 0 Å². The van der Waals surface area contributed by atoms with Gasteiger partial charge in [-0.2, -0.15) is 0 Å². The van der Waals surface area contributed by atoms with E-state index in [-0.39, 0.29) is 0 Å². The van der Waals surface area contributed by atoms with Crippen molar-refractivity contribution in [2.45, 2.75) is 32.1 Å². The van der Waals surface area contributed by atoms with Crippen molar-refractivity contribution in [1.29, 1.82) is 0 Å². The van der Waals surface area contributed by atoms with Crippen molar-refractivity contribution in [3.63, 3.8) is 0 Å². The van der Waals surface area contributed by atoms with Crippen LogP contribution in [-0.4, -0.2) is 0 Å². The van der Waals surface area contributed by atoms with Crippen molar-refractivity contribution in [3.05, 3.63) is 6.42 Å². The van der Waals surface area contributed by atoms with Gasteiger partial charge in [0, 0.05) is 0 Å². The van der Waals surface area contributed by atoms with E-state index in [2.05, 4.69) is 6.42 Å². The van der Waals surface area contributed by atoms with Gasteiger partial charge in [-0.3, -0.25) is 0 Å². The standard InChI is InChI=1S/C12H17/c1-2-8-5-7(1)11-9-3-4-10(6-9)12(8)11/h1,7-12H,2-6H2. The van der Waals surface area contributed by atoms with Gasteiger partial charge in [-0.25, -0.2) is 0 Å². The molecule has 0 amide bonds. The molecule has 0 aromatic heterocycles. The van der Waals surface area contributed by atoms with Gasteiger partial charge < -0.3 is 0 Å². The molecule has 0 spiro atoms. The van der Waals surface area contributed by atoms with Gasteiger partial charge in [-0.1, -0.05) is 0 Å². The molecule has 0 aromatic rings. The first kappa shape index (κ1) is 6.45. The molecule has 0 N–H and O–H groups in total. The van der Waals surface area contributed by atoms with Gasteiger partial charge in [-0.05, 0) is 74.0 Å². The van der Waals surface area contributed by atoms with Gasteiger partial charge in [-0.15, -0.1) is 0 Å². The molecule has 4 aliphatic carbocycles. The van der Waals surface area contributed by atoms with Gasteiger partial charge in [0.15, 0.2) is 0 Å². The number of hydrogen-bond acceptors (Lipinski definition) is 0. The fraction of sp³-hybridized carbons (Fsp3) is 0.917. The highest BCUT2D eigenvalue weighted by molar-refractivity contribution is 5.13. The molecular weight excluding hydrogens is 144 g/mol. The summed E-state index contributed by atoms with van der Waals surface area (Å²) in [4.78, 5) is 0. The van der Waals surface area contributed by atoms with E-state index in [4.69, 9.17) is 0 Å². The first-order valence-corrected chi connectivity index (χ1v) is 5.77. The van der Waals surface area contributed by atoms with Crippen LogP contribution in [0.4, 0.5) is 0 Å². The summed E-state index contributed by atoms with van der Waals surface area (Å²) in [5, 5.41) is 0.